The zero-order valence-electron chi connectivity index (χ0n) is 10.9. The quantitative estimate of drug-likeness (QED) is 0.776. The highest BCUT2D eigenvalue weighted by Crippen LogP contribution is 2.24. The summed E-state index contributed by atoms with van der Waals surface area (Å²) in [6.07, 6.45) is 1.80. The van der Waals surface area contributed by atoms with Gasteiger partial charge in [-0.05, 0) is 20.8 Å². The smallest absolute Gasteiger partial charge is 0.376 e. The highest BCUT2D eigenvalue weighted by molar-refractivity contribution is 5.87. The fraction of sp³-hybridized carbons (Fsp3) is 0.417. The van der Waals surface area contributed by atoms with Gasteiger partial charge in [-0.25, -0.2) is 9.78 Å². The predicted molar refractivity (Wildman–Crippen MR) is 64.1 cm³/mol. The average Bonchev–Trinajstić information content (AvgIpc) is 2.82. The van der Waals surface area contributed by atoms with Gasteiger partial charge in [-0.3, -0.25) is 4.68 Å². The minimum atomic E-state index is -0.490. The van der Waals surface area contributed by atoms with Crippen LogP contribution in [0.4, 0.5) is 0 Å². The molecule has 0 unspecified atom stereocenters. The van der Waals surface area contributed by atoms with Gasteiger partial charge in [0.15, 0.2) is 0 Å². The summed E-state index contributed by atoms with van der Waals surface area (Å²) in [7, 11) is 1.82. The average molecular weight is 249 g/mol. The molecular formula is C12H15N3O3. The molecule has 0 saturated heterocycles. The second kappa shape index (κ2) is 4.64. The molecule has 0 atom stereocenters. The highest BCUT2D eigenvalue weighted by atomic mass is 16.5. The monoisotopic (exact) mass is 249 g/mol. The molecule has 0 aromatic carbocycles. The van der Waals surface area contributed by atoms with E-state index in [1.807, 2.05) is 14.0 Å². The second-order valence-electron chi connectivity index (χ2n) is 3.96. The number of oxazole rings is 1. The Balaban J connectivity index is 2.40. The number of esters is 1. The summed E-state index contributed by atoms with van der Waals surface area (Å²) < 4.78 is 12.0. The van der Waals surface area contributed by atoms with Crippen LogP contribution in [0.5, 0.6) is 0 Å². The first-order chi connectivity index (χ1) is 8.52. The van der Waals surface area contributed by atoms with Crippen LogP contribution in [0.3, 0.4) is 0 Å². The Morgan fingerprint density at radius 3 is 2.72 bits per heavy atom. The lowest BCUT2D eigenvalue weighted by Crippen LogP contribution is -2.04. The minimum absolute atomic E-state index is 0.148. The van der Waals surface area contributed by atoms with Crippen molar-refractivity contribution < 1.29 is 13.9 Å². The van der Waals surface area contributed by atoms with Gasteiger partial charge in [0, 0.05) is 13.2 Å². The van der Waals surface area contributed by atoms with Crippen molar-refractivity contribution in [2.24, 2.45) is 7.05 Å². The van der Waals surface area contributed by atoms with Gasteiger partial charge >= 0.3 is 5.97 Å². The number of hydrogen-bond donors (Lipinski definition) is 0. The topological polar surface area (TPSA) is 70.2 Å². The van der Waals surface area contributed by atoms with E-state index in [0.717, 1.165) is 11.3 Å². The van der Waals surface area contributed by atoms with Gasteiger partial charge in [0.1, 0.15) is 0 Å². The van der Waals surface area contributed by atoms with E-state index in [1.165, 1.54) is 0 Å². The molecule has 6 heteroatoms. The van der Waals surface area contributed by atoms with Crippen LogP contribution in [0.1, 0.15) is 28.9 Å². The molecule has 0 saturated carbocycles. The summed E-state index contributed by atoms with van der Waals surface area (Å²) in [6.45, 7) is 5.62. The number of hydrogen-bond acceptors (Lipinski definition) is 5. The lowest BCUT2D eigenvalue weighted by atomic mass is 10.3. The molecule has 0 fully saturated rings. The predicted octanol–water partition coefficient (Wildman–Crippen LogP) is 1.87. The minimum Gasteiger partial charge on any atom is -0.460 e. The molecule has 0 aliphatic heterocycles. The summed E-state index contributed by atoms with van der Waals surface area (Å²) >= 11 is 0. The van der Waals surface area contributed by atoms with Crippen LogP contribution >= 0.6 is 0 Å². The lowest BCUT2D eigenvalue weighted by molar-refractivity contribution is 0.0490. The van der Waals surface area contributed by atoms with Gasteiger partial charge in [0.05, 0.1) is 23.6 Å². The van der Waals surface area contributed by atoms with Crippen LogP contribution in [0.2, 0.25) is 0 Å². The van der Waals surface area contributed by atoms with Gasteiger partial charge in [-0.1, -0.05) is 0 Å². The summed E-state index contributed by atoms with van der Waals surface area (Å²) in [4.78, 5) is 15.9. The van der Waals surface area contributed by atoms with E-state index < -0.39 is 5.97 Å². The van der Waals surface area contributed by atoms with Crippen molar-refractivity contribution in [1.82, 2.24) is 14.8 Å². The van der Waals surface area contributed by atoms with Gasteiger partial charge in [-0.2, -0.15) is 5.10 Å². The fourth-order valence-corrected chi connectivity index (χ4v) is 1.71. The Morgan fingerprint density at radius 1 is 1.44 bits per heavy atom. The zero-order valence-corrected chi connectivity index (χ0v) is 10.9. The molecule has 0 aliphatic carbocycles. The summed E-state index contributed by atoms with van der Waals surface area (Å²) in [6, 6.07) is 0. The number of ether oxygens (including phenoxy) is 1. The molecule has 6 nitrogen and oxygen atoms in total. The fourth-order valence-electron chi connectivity index (χ4n) is 1.71. The number of nitrogens with zero attached hydrogens (tertiary/aromatic N) is 3. The third-order valence-electron chi connectivity index (χ3n) is 2.50. The zero-order chi connectivity index (χ0) is 13.3. The van der Waals surface area contributed by atoms with E-state index in [9.17, 15) is 4.79 Å². The van der Waals surface area contributed by atoms with Crippen LogP contribution in [0.15, 0.2) is 10.6 Å². The Labute approximate surface area is 105 Å². The molecule has 0 radical (unpaired) electrons. The third-order valence-corrected chi connectivity index (χ3v) is 2.50. The van der Waals surface area contributed by atoms with Crippen molar-refractivity contribution in [3.63, 3.8) is 0 Å². The maximum absolute atomic E-state index is 11.6. The van der Waals surface area contributed by atoms with Gasteiger partial charge < -0.3 is 9.15 Å². The standard InChI is InChI=1S/C12H15N3O3/c1-5-17-12(16)10-8(3)13-11(18-10)9-6-15(4)14-7(9)2/h6H,5H2,1-4H3. The number of aryl methyl sites for hydroxylation is 3. The first kappa shape index (κ1) is 12.3. The van der Waals surface area contributed by atoms with E-state index in [0.29, 0.717) is 18.2 Å². The van der Waals surface area contributed by atoms with Crippen molar-refractivity contribution in [2.45, 2.75) is 20.8 Å². The third kappa shape index (κ3) is 2.13. The van der Waals surface area contributed by atoms with Crippen LogP contribution in [0, 0.1) is 13.8 Å². The number of aromatic nitrogens is 3. The Hall–Kier alpha value is -2.11. The van der Waals surface area contributed by atoms with Gasteiger partial charge in [-0.15, -0.1) is 0 Å². The van der Waals surface area contributed by atoms with E-state index in [1.54, 1.807) is 24.7 Å². The molecule has 18 heavy (non-hydrogen) atoms. The van der Waals surface area contributed by atoms with E-state index >= 15 is 0 Å². The Morgan fingerprint density at radius 2 is 2.17 bits per heavy atom. The molecule has 2 rings (SSSR count). The first-order valence-corrected chi connectivity index (χ1v) is 5.68. The molecule has 2 aromatic rings. The van der Waals surface area contributed by atoms with Crippen molar-refractivity contribution in [1.29, 1.82) is 0 Å². The maximum atomic E-state index is 11.6. The molecule has 0 amide bonds. The van der Waals surface area contributed by atoms with Crippen molar-refractivity contribution in [3.05, 3.63) is 23.3 Å². The second-order valence-corrected chi connectivity index (χ2v) is 3.96. The first-order valence-electron chi connectivity index (χ1n) is 5.68. The number of rotatable bonds is 3. The van der Waals surface area contributed by atoms with E-state index in [-0.39, 0.29) is 5.76 Å². The number of carbonyl (C=O) groups excluding carboxylic acids is 1. The molecule has 2 heterocycles. The van der Waals surface area contributed by atoms with Gasteiger partial charge in [0.25, 0.3) is 0 Å². The molecule has 96 valence electrons. The van der Waals surface area contributed by atoms with Crippen LogP contribution in [-0.2, 0) is 11.8 Å². The van der Waals surface area contributed by atoms with Crippen LogP contribution in [-0.4, -0.2) is 27.3 Å². The van der Waals surface area contributed by atoms with Crippen LogP contribution < -0.4 is 0 Å². The maximum Gasteiger partial charge on any atom is 0.376 e. The summed E-state index contributed by atoms with van der Waals surface area (Å²) in [5, 5.41) is 4.21. The normalized spacial score (nSPS) is 10.7. The van der Waals surface area contributed by atoms with E-state index in [4.69, 9.17) is 9.15 Å². The molecule has 0 aliphatic rings. The molecular weight excluding hydrogens is 234 g/mol. The van der Waals surface area contributed by atoms with Crippen LogP contribution in [0.25, 0.3) is 11.5 Å². The van der Waals surface area contributed by atoms with Crippen molar-refractivity contribution >= 4 is 5.97 Å². The van der Waals surface area contributed by atoms with Gasteiger partial charge in [0.2, 0.25) is 11.7 Å². The molecule has 2 aromatic heterocycles. The molecule has 0 N–H and O–H groups in total. The Bertz CT molecular complexity index is 583. The molecule has 0 spiro atoms. The summed E-state index contributed by atoms with van der Waals surface area (Å²) in [5.41, 5.74) is 2.09. The Kier molecular flexibility index (Phi) is 3.18. The SMILES string of the molecule is CCOC(=O)c1oc(-c2cn(C)nc2C)nc1C. The van der Waals surface area contributed by atoms with Crippen molar-refractivity contribution in [2.75, 3.05) is 6.61 Å². The largest absolute Gasteiger partial charge is 0.460 e. The summed E-state index contributed by atoms with van der Waals surface area (Å²) in [5.74, 6) is 0.0477. The van der Waals surface area contributed by atoms with Crippen molar-refractivity contribution in [3.8, 4) is 11.5 Å². The number of carbonyl (C=O) groups is 1. The van der Waals surface area contributed by atoms with E-state index in [2.05, 4.69) is 10.1 Å². The lowest BCUT2D eigenvalue weighted by Gasteiger charge is -1.97. The highest BCUT2D eigenvalue weighted by Gasteiger charge is 2.21. The molecule has 0 bridgehead atoms.